The van der Waals surface area contributed by atoms with Crippen LogP contribution in [-0.4, -0.2) is 11.1 Å². The van der Waals surface area contributed by atoms with Crippen molar-refractivity contribution in [3.8, 4) is 11.5 Å². The molecule has 0 aromatic heterocycles. The standard InChI is InChI=1S/C13H9F2NO3/c14-10-4-2-7(5-11(10)15)19-8-1-3-9(13(17)18)12(16)6-8/h1-6H,16H2,(H,17,18). The second-order valence-corrected chi connectivity index (χ2v) is 3.73. The molecule has 0 spiro atoms. The third-order valence-corrected chi connectivity index (χ3v) is 2.38. The molecule has 0 atom stereocenters. The Morgan fingerprint density at radius 3 is 2.26 bits per heavy atom. The van der Waals surface area contributed by atoms with Crippen LogP contribution in [0.15, 0.2) is 36.4 Å². The smallest absolute Gasteiger partial charge is 0.337 e. The molecule has 4 nitrogen and oxygen atoms in total. The number of carboxylic acid groups (broad SMARTS) is 1. The summed E-state index contributed by atoms with van der Waals surface area (Å²) in [5, 5.41) is 8.80. The number of benzene rings is 2. The molecule has 0 heterocycles. The minimum Gasteiger partial charge on any atom is -0.478 e. The Labute approximate surface area is 107 Å². The fourth-order valence-electron chi connectivity index (χ4n) is 1.48. The van der Waals surface area contributed by atoms with Crippen molar-refractivity contribution < 1.29 is 23.4 Å². The fourth-order valence-corrected chi connectivity index (χ4v) is 1.48. The van der Waals surface area contributed by atoms with Crippen molar-refractivity contribution in [1.82, 2.24) is 0 Å². The summed E-state index contributed by atoms with van der Waals surface area (Å²) < 4.78 is 31.0. The highest BCUT2D eigenvalue weighted by molar-refractivity contribution is 5.93. The molecule has 6 heteroatoms. The minimum absolute atomic E-state index is 0.0209. The van der Waals surface area contributed by atoms with E-state index in [-0.39, 0.29) is 22.7 Å². The van der Waals surface area contributed by atoms with E-state index >= 15 is 0 Å². The van der Waals surface area contributed by atoms with Gasteiger partial charge in [-0.05, 0) is 24.3 Å². The van der Waals surface area contributed by atoms with Gasteiger partial charge in [-0.25, -0.2) is 13.6 Å². The number of aromatic carboxylic acids is 1. The van der Waals surface area contributed by atoms with Gasteiger partial charge in [0.2, 0.25) is 0 Å². The summed E-state index contributed by atoms with van der Waals surface area (Å²) in [5.41, 5.74) is 5.50. The van der Waals surface area contributed by atoms with Gasteiger partial charge < -0.3 is 15.6 Å². The van der Waals surface area contributed by atoms with Crippen molar-refractivity contribution in [2.75, 3.05) is 5.73 Å². The lowest BCUT2D eigenvalue weighted by Gasteiger charge is -2.08. The molecule has 2 aromatic rings. The maximum Gasteiger partial charge on any atom is 0.337 e. The van der Waals surface area contributed by atoms with E-state index in [9.17, 15) is 13.6 Å². The Balaban J connectivity index is 2.26. The van der Waals surface area contributed by atoms with Crippen LogP contribution in [0.2, 0.25) is 0 Å². The molecule has 2 aromatic carbocycles. The van der Waals surface area contributed by atoms with Crippen LogP contribution in [0.25, 0.3) is 0 Å². The first-order valence-corrected chi connectivity index (χ1v) is 5.23. The summed E-state index contributed by atoms with van der Waals surface area (Å²) in [7, 11) is 0. The first-order chi connectivity index (χ1) is 8.97. The van der Waals surface area contributed by atoms with Crippen LogP contribution in [0.1, 0.15) is 10.4 Å². The number of anilines is 1. The number of carboxylic acids is 1. The molecule has 0 radical (unpaired) electrons. The van der Waals surface area contributed by atoms with Crippen LogP contribution < -0.4 is 10.5 Å². The summed E-state index contributed by atoms with van der Waals surface area (Å²) in [6.45, 7) is 0. The van der Waals surface area contributed by atoms with Crippen LogP contribution in [-0.2, 0) is 0 Å². The van der Waals surface area contributed by atoms with Gasteiger partial charge >= 0.3 is 5.97 Å². The number of hydrogen-bond acceptors (Lipinski definition) is 3. The number of ether oxygens (including phenoxy) is 1. The lowest BCUT2D eigenvalue weighted by Crippen LogP contribution is -2.02. The van der Waals surface area contributed by atoms with Gasteiger partial charge in [-0.15, -0.1) is 0 Å². The number of nitrogens with two attached hydrogens (primary N) is 1. The number of hydrogen-bond donors (Lipinski definition) is 2. The lowest BCUT2D eigenvalue weighted by molar-refractivity contribution is 0.0698. The van der Waals surface area contributed by atoms with Crippen LogP contribution in [0.5, 0.6) is 11.5 Å². The molecular formula is C13H9F2NO3. The highest BCUT2D eigenvalue weighted by Crippen LogP contribution is 2.26. The average Bonchev–Trinajstić information content (AvgIpc) is 2.33. The molecule has 0 amide bonds. The van der Waals surface area contributed by atoms with E-state index in [1.807, 2.05) is 0 Å². The van der Waals surface area contributed by atoms with E-state index in [1.54, 1.807) is 0 Å². The summed E-state index contributed by atoms with van der Waals surface area (Å²) in [4.78, 5) is 10.8. The third kappa shape index (κ3) is 2.79. The van der Waals surface area contributed by atoms with E-state index in [0.717, 1.165) is 12.1 Å². The van der Waals surface area contributed by atoms with Gasteiger partial charge in [0.25, 0.3) is 0 Å². The maximum absolute atomic E-state index is 13.0. The summed E-state index contributed by atoms with van der Waals surface area (Å²) in [5.74, 6) is -2.85. The summed E-state index contributed by atoms with van der Waals surface area (Å²) >= 11 is 0. The molecule has 0 bridgehead atoms. The largest absolute Gasteiger partial charge is 0.478 e. The monoisotopic (exact) mass is 265 g/mol. The SMILES string of the molecule is Nc1cc(Oc2ccc(F)c(F)c2)ccc1C(=O)O. The second kappa shape index (κ2) is 4.93. The summed E-state index contributed by atoms with van der Waals surface area (Å²) in [6.07, 6.45) is 0. The van der Waals surface area contributed by atoms with E-state index in [2.05, 4.69) is 0 Å². The van der Waals surface area contributed by atoms with Gasteiger partial charge in [-0.2, -0.15) is 0 Å². The number of rotatable bonds is 3. The Kier molecular flexibility index (Phi) is 3.33. The molecule has 2 rings (SSSR count). The van der Waals surface area contributed by atoms with Crippen LogP contribution in [0.3, 0.4) is 0 Å². The Morgan fingerprint density at radius 2 is 1.68 bits per heavy atom. The van der Waals surface area contributed by atoms with Gasteiger partial charge in [-0.3, -0.25) is 0 Å². The van der Waals surface area contributed by atoms with Crippen LogP contribution >= 0.6 is 0 Å². The van der Waals surface area contributed by atoms with Gasteiger partial charge in [0.1, 0.15) is 11.5 Å². The Hall–Kier alpha value is -2.63. The number of nitrogen functional groups attached to an aromatic ring is 1. The highest BCUT2D eigenvalue weighted by atomic mass is 19.2. The van der Waals surface area contributed by atoms with E-state index in [1.165, 1.54) is 24.3 Å². The lowest BCUT2D eigenvalue weighted by atomic mass is 10.2. The van der Waals surface area contributed by atoms with E-state index < -0.39 is 17.6 Å². The average molecular weight is 265 g/mol. The first-order valence-electron chi connectivity index (χ1n) is 5.23. The highest BCUT2D eigenvalue weighted by Gasteiger charge is 2.09. The molecule has 0 fully saturated rings. The van der Waals surface area contributed by atoms with Crippen LogP contribution in [0.4, 0.5) is 14.5 Å². The normalized spacial score (nSPS) is 10.2. The predicted molar refractivity (Wildman–Crippen MR) is 64.2 cm³/mol. The minimum atomic E-state index is -1.16. The molecule has 0 saturated heterocycles. The van der Waals surface area contributed by atoms with Gasteiger partial charge in [-0.1, -0.05) is 0 Å². The zero-order valence-corrected chi connectivity index (χ0v) is 9.56. The molecule has 3 N–H and O–H groups in total. The van der Waals surface area contributed by atoms with E-state index in [0.29, 0.717) is 0 Å². The fraction of sp³-hybridized carbons (Fsp3) is 0. The van der Waals surface area contributed by atoms with Crippen LogP contribution in [0, 0.1) is 11.6 Å². The Bertz CT molecular complexity index is 644. The van der Waals surface area contributed by atoms with E-state index in [4.69, 9.17) is 15.6 Å². The molecule has 0 unspecified atom stereocenters. The van der Waals surface area contributed by atoms with Gasteiger partial charge in [0.05, 0.1) is 5.56 Å². The predicted octanol–water partition coefficient (Wildman–Crippen LogP) is 3.04. The zero-order valence-electron chi connectivity index (χ0n) is 9.56. The van der Waals surface area contributed by atoms with Gasteiger partial charge in [0.15, 0.2) is 11.6 Å². The van der Waals surface area contributed by atoms with Crippen molar-refractivity contribution in [3.05, 3.63) is 53.6 Å². The molecule has 0 aliphatic carbocycles. The molecule has 19 heavy (non-hydrogen) atoms. The second-order valence-electron chi connectivity index (χ2n) is 3.73. The quantitative estimate of drug-likeness (QED) is 0.836. The summed E-state index contributed by atoms with van der Waals surface area (Å²) in [6, 6.07) is 7.01. The molecule has 0 aliphatic heterocycles. The van der Waals surface area contributed by atoms with Gasteiger partial charge in [0, 0.05) is 17.8 Å². The van der Waals surface area contributed by atoms with Crippen molar-refractivity contribution in [2.45, 2.75) is 0 Å². The van der Waals surface area contributed by atoms with Crippen molar-refractivity contribution >= 4 is 11.7 Å². The maximum atomic E-state index is 13.0. The number of halogens is 2. The topological polar surface area (TPSA) is 72.5 Å². The van der Waals surface area contributed by atoms with Crippen molar-refractivity contribution in [3.63, 3.8) is 0 Å². The molecular weight excluding hydrogens is 256 g/mol. The molecule has 0 saturated carbocycles. The Morgan fingerprint density at radius 1 is 1.05 bits per heavy atom. The van der Waals surface area contributed by atoms with Crippen molar-refractivity contribution in [1.29, 1.82) is 0 Å². The number of carbonyl (C=O) groups is 1. The first kappa shape index (κ1) is 12.8. The van der Waals surface area contributed by atoms with Crippen molar-refractivity contribution in [2.24, 2.45) is 0 Å². The molecule has 98 valence electrons. The molecule has 0 aliphatic rings. The third-order valence-electron chi connectivity index (χ3n) is 2.38. The zero-order chi connectivity index (χ0) is 14.0.